The lowest BCUT2D eigenvalue weighted by Crippen LogP contribution is -2.17. The Balaban J connectivity index is 2.12. The van der Waals surface area contributed by atoms with E-state index in [9.17, 15) is 0 Å². The number of aromatic nitrogens is 1. The number of nitrogens with zero attached hydrogens (tertiary/aromatic N) is 1. The van der Waals surface area contributed by atoms with E-state index in [-0.39, 0.29) is 0 Å². The maximum Gasteiger partial charge on any atom is 0.107 e. The molecular weight excluding hydrogens is 274 g/mol. The smallest absolute Gasteiger partial charge is 0.107 e. The summed E-state index contributed by atoms with van der Waals surface area (Å²) < 4.78 is 0. The summed E-state index contributed by atoms with van der Waals surface area (Å²) in [5.41, 5.74) is 10.8. The van der Waals surface area contributed by atoms with Crippen molar-refractivity contribution in [2.24, 2.45) is 5.73 Å². The van der Waals surface area contributed by atoms with Crippen LogP contribution in [0, 0.1) is 13.8 Å². The number of rotatable bonds is 5. The minimum atomic E-state index is 0.392. The average Bonchev–Trinajstić information content (AvgIpc) is 2.80. The summed E-state index contributed by atoms with van der Waals surface area (Å²) in [5.74, 6) is 0. The molecule has 2 aromatic rings. The van der Waals surface area contributed by atoms with Crippen LogP contribution in [0.4, 0.5) is 5.69 Å². The molecule has 2 aromatic heterocycles. The van der Waals surface area contributed by atoms with Gasteiger partial charge in [0.25, 0.3) is 0 Å². The fourth-order valence-electron chi connectivity index (χ4n) is 2.06. The predicted octanol–water partition coefficient (Wildman–Crippen LogP) is 3.05. The van der Waals surface area contributed by atoms with Crippen molar-refractivity contribution >= 4 is 34.2 Å². The van der Waals surface area contributed by atoms with E-state index in [2.05, 4.69) is 27.1 Å². The summed E-state index contributed by atoms with van der Waals surface area (Å²) in [5, 5.41) is 7.67. The summed E-state index contributed by atoms with van der Waals surface area (Å²) in [6.45, 7) is 4.77. The van der Waals surface area contributed by atoms with Crippen LogP contribution in [-0.4, -0.2) is 16.5 Å². The van der Waals surface area contributed by atoms with Crippen LogP contribution in [0.15, 0.2) is 22.9 Å². The molecule has 0 unspecified atom stereocenters. The van der Waals surface area contributed by atoms with Gasteiger partial charge in [-0.2, -0.15) is 11.3 Å². The van der Waals surface area contributed by atoms with E-state index >= 15 is 0 Å². The number of pyridine rings is 1. The Kier molecular flexibility index (Phi) is 4.50. The van der Waals surface area contributed by atoms with E-state index < -0.39 is 0 Å². The monoisotopic (exact) mass is 291 g/mol. The van der Waals surface area contributed by atoms with Crippen LogP contribution in [0.5, 0.6) is 0 Å². The fourth-order valence-corrected chi connectivity index (χ4v) is 3.02. The zero-order chi connectivity index (χ0) is 13.8. The molecule has 0 amide bonds. The second-order valence-corrected chi connectivity index (χ2v) is 5.66. The maximum absolute atomic E-state index is 5.78. The average molecular weight is 291 g/mol. The van der Waals surface area contributed by atoms with E-state index in [1.54, 1.807) is 11.3 Å². The first-order valence-electron chi connectivity index (χ1n) is 6.11. The summed E-state index contributed by atoms with van der Waals surface area (Å²) in [6.07, 6.45) is 0.987. The van der Waals surface area contributed by atoms with E-state index in [0.717, 1.165) is 35.6 Å². The van der Waals surface area contributed by atoms with Crippen LogP contribution in [0.3, 0.4) is 0 Å². The minimum absolute atomic E-state index is 0.392. The summed E-state index contributed by atoms with van der Waals surface area (Å²) in [4.78, 5) is 4.80. The zero-order valence-corrected chi connectivity index (χ0v) is 12.7. The summed E-state index contributed by atoms with van der Waals surface area (Å²) in [7, 11) is 0. The highest BCUT2D eigenvalue weighted by Crippen LogP contribution is 2.20. The zero-order valence-electron chi connectivity index (χ0n) is 11.1. The van der Waals surface area contributed by atoms with Gasteiger partial charge in [-0.15, -0.1) is 0 Å². The van der Waals surface area contributed by atoms with Gasteiger partial charge in [-0.1, -0.05) is 12.2 Å². The number of aryl methyl sites for hydroxylation is 2. The molecule has 0 radical (unpaired) electrons. The SMILES string of the molecule is Cc1cc(NCCc2ccsc2)c(C(N)=S)c(C)n1. The Labute approximate surface area is 122 Å². The van der Waals surface area contributed by atoms with Crippen molar-refractivity contribution in [2.45, 2.75) is 20.3 Å². The van der Waals surface area contributed by atoms with Crippen molar-refractivity contribution in [3.8, 4) is 0 Å². The number of nitrogens with one attached hydrogen (secondary N) is 1. The third-order valence-electron chi connectivity index (χ3n) is 2.88. The number of thiocarbonyl (C=S) groups is 1. The van der Waals surface area contributed by atoms with E-state index in [1.807, 2.05) is 19.9 Å². The molecule has 0 aliphatic carbocycles. The van der Waals surface area contributed by atoms with Gasteiger partial charge in [0.2, 0.25) is 0 Å². The highest BCUT2D eigenvalue weighted by atomic mass is 32.1. The van der Waals surface area contributed by atoms with Gasteiger partial charge in [0.05, 0.1) is 5.56 Å². The highest BCUT2D eigenvalue weighted by Gasteiger charge is 2.10. The molecule has 0 atom stereocenters. The molecule has 5 heteroatoms. The van der Waals surface area contributed by atoms with Gasteiger partial charge in [-0.3, -0.25) is 4.98 Å². The predicted molar refractivity (Wildman–Crippen MR) is 86.1 cm³/mol. The third kappa shape index (κ3) is 3.52. The molecule has 0 spiro atoms. The van der Waals surface area contributed by atoms with Crippen molar-refractivity contribution < 1.29 is 0 Å². The third-order valence-corrected chi connectivity index (χ3v) is 3.82. The molecule has 3 nitrogen and oxygen atoms in total. The molecule has 0 aliphatic heterocycles. The summed E-state index contributed by atoms with van der Waals surface area (Å²) in [6, 6.07) is 4.14. The van der Waals surface area contributed by atoms with Crippen molar-refractivity contribution in [1.82, 2.24) is 4.98 Å². The van der Waals surface area contributed by atoms with Crippen molar-refractivity contribution in [3.05, 3.63) is 45.4 Å². The highest BCUT2D eigenvalue weighted by molar-refractivity contribution is 7.80. The first-order valence-corrected chi connectivity index (χ1v) is 7.46. The quantitative estimate of drug-likeness (QED) is 0.831. The molecule has 0 bridgehead atoms. The molecule has 100 valence electrons. The van der Waals surface area contributed by atoms with E-state index in [0.29, 0.717) is 4.99 Å². The molecule has 0 fully saturated rings. The van der Waals surface area contributed by atoms with Crippen LogP contribution >= 0.6 is 23.6 Å². The van der Waals surface area contributed by atoms with Crippen LogP contribution in [0.2, 0.25) is 0 Å². The first kappa shape index (κ1) is 14.0. The molecule has 0 aromatic carbocycles. The topological polar surface area (TPSA) is 50.9 Å². The van der Waals surface area contributed by atoms with Gasteiger partial charge in [-0.05, 0) is 48.7 Å². The van der Waals surface area contributed by atoms with Crippen LogP contribution in [0.1, 0.15) is 22.5 Å². The molecule has 2 rings (SSSR count). The fraction of sp³-hybridized carbons (Fsp3) is 0.286. The van der Waals surface area contributed by atoms with E-state index in [4.69, 9.17) is 18.0 Å². The second-order valence-electron chi connectivity index (χ2n) is 4.44. The molecular formula is C14H17N3S2. The molecule has 0 saturated heterocycles. The Morgan fingerprint density at radius 2 is 2.26 bits per heavy atom. The largest absolute Gasteiger partial charge is 0.389 e. The lowest BCUT2D eigenvalue weighted by molar-refractivity contribution is 1.02. The Hall–Kier alpha value is -1.46. The van der Waals surface area contributed by atoms with Gasteiger partial charge < -0.3 is 11.1 Å². The second kappa shape index (κ2) is 6.12. The number of anilines is 1. The van der Waals surface area contributed by atoms with Gasteiger partial charge >= 0.3 is 0 Å². The van der Waals surface area contributed by atoms with Gasteiger partial charge in [0.1, 0.15) is 4.99 Å². The number of nitrogens with two attached hydrogens (primary N) is 1. The normalized spacial score (nSPS) is 10.4. The Morgan fingerprint density at radius 1 is 1.47 bits per heavy atom. The molecule has 2 heterocycles. The van der Waals surface area contributed by atoms with Crippen LogP contribution in [-0.2, 0) is 6.42 Å². The van der Waals surface area contributed by atoms with Gasteiger partial charge in [0, 0.05) is 23.6 Å². The van der Waals surface area contributed by atoms with Crippen LogP contribution in [0.25, 0.3) is 0 Å². The van der Waals surface area contributed by atoms with Crippen molar-refractivity contribution in [3.63, 3.8) is 0 Å². The maximum atomic E-state index is 5.78. The Morgan fingerprint density at radius 3 is 2.89 bits per heavy atom. The standard InChI is InChI=1S/C14H17N3S2/c1-9-7-12(13(14(15)18)10(2)17-9)16-5-3-11-4-6-19-8-11/h4,6-8H,3,5H2,1-2H3,(H2,15,18)(H,16,17). The number of hydrogen-bond donors (Lipinski definition) is 2. The van der Waals surface area contributed by atoms with Gasteiger partial charge in [-0.25, -0.2) is 0 Å². The number of thiophene rings is 1. The van der Waals surface area contributed by atoms with Gasteiger partial charge in [0.15, 0.2) is 0 Å². The Bertz CT molecular complexity index is 577. The van der Waals surface area contributed by atoms with Crippen LogP contribution < -0.4 is 11.1 Å². The molecule has 19 heavy (non-hydrogen) atoms. The first-order chi connectivity index (χ1) is 9.08. The lowest BCUT2D eigenvalue weighted by Gasteiger charge is -2.14. The van der Waals surface area contributed by atoms with Crippen molar-refractivity contribution in [2.75, 3.05) is 11.9 Å². The molecule has 3 N–H and O–H groups in total. The molecule has 0 aliphatic rings. The minimum Gasteiger partial charge on any atom is -0.389 e. The lowest BCUT2D eigenvalue weighted by atomic mass is 10.1. The molecule has 0 saturated carbocycles. The summed E-state index contributed by atoms with van der Waals surface area (Å²) >= 11 is 6.83. The van der Waals surface area contributed by atoms with E-state index in [1.165, 1.54) is 5.56 Å². The van der Waals surface area contributed by atoms with Crippen molar-refractivity contribution in [1.29, 1.82) is 0 Å². The number of hydrogen-bond acceptors (Lipinski definition) is 4.